The fourth-order valence-corrected chi connectivity index (χ4v) is 3.31. The van der Waals surface area contributed by atoms with E-state index in [9.17, 15) is 8.42 Å². The summed E-state index contributed by atoms with van der Waals surface area (Å²) >= 11 is 11.9. The largest absolute Gasteiger partial charge is 0.225 e. The van der Waals surface area contributed by atoms with Crippen molar-refractivity contribution in [3.63, 3.8) is 0 Å². The molecule has 2 rings (SSSR count). The Kier molecular flexibility index (Phi) is 4.36. The molecule has 0 radical (unpaired) electrons. The van der Waals surface area contributed by atoms with Crippen molar-refractivity contribution in [1.29, 1.82) is 5.26 Å². The highest BCUT2D eigenvalue weighted by Crippen LogP contribution is 2.49. The molecular weight excluding hydrogens is 307 g/mol. The van der Waals surface area contributed by atoms with Crippen LogP contribution in [0, 0.1) is 17.2 Å². The van der Waals surface area contributed by atoms with E-state index in [-0.39, 0.29) is 11.8 Å². The van der Waals surface area contributed by atoms with Crippen molar-refractivity contribution in [2.45, 2.75) is 12.3 Å². The average molecular weight is 319 g/mol. The molecule has 0 saturated heterocycles. The van der Waals surface area contributed by atoms with Gasteiger partial charge in [0.05, 0.1) is 6.07 Å². The number of hydrogen-bond acceptors (Lipinski definition) is 3. The molecule has 1 fully saturated rings. The van der Waals surface area contributed by atoms with Gasteiger partial charge in [-0.25, -0.2) is 13.1 Å². The molecule has 2 atom stereocenters. The van der Waals surface area contributed by atoms with Crippen LogP contribution < -0.4 is 4.72 Å². The Labute approximate surface area is 122 Å². The third kappa shape index (κ3) is 3.83. The first-order valence-corrected chi connectivity index (χ1v) is 8.13. The van der Waals surface area contributed by atoms with Crippen LogP contribution in [-0.2, 0) is 10.0 Å². The molecule has 0 amide bonds. The molecule has 1 aliphatic carbocycles. The first kappa shape index (κ1) is 14.6. The van der Waals surface area contributed by atoms with E-state index in [1.807, 2.05) is 6.07 Å². The molecule has 0 bridgehead atoms. The molecule has 1 N–H and O–H groups in total. The van der Waals surface area contributed by atoms with Gasteiger partial charge in [-0.3, -0.25) is 0 Å². The summed E-state index contributed by atoms with van der Waals surface area (Å²) in [6.07, 6.45) is 0.885. The van der Waals surface area contributed by atoms with E-state index in [1.165, 1.54) is 0 Å². The third-order valence-corrected chi connectivity index (χ3v) is 4.78. The van der Waals surface area contributed by atoms with Gasteiger partial charge in [0.2, 0.25) is 10.0 Å². The minimum Gasteiger partial charge on any atom is -0.214 e. The Morgan fingerprint density at radius 2 is 2.16 bits per heavy atom. The first-order valence-electron chi connectivity index (χ1n) is 5.72. The number of sulfonamides is 1. The minimum atomic E-state index is -3.47. The van der Waals surface area contributed by atoms with Crippen molar-refractivity contribution in [3.8, 4) is 6.07 Å². The number of nitriles is 1. The number of nitrogens with one attached hydrogen (secondary N) is 1. The molecule has 1 aliphatic rings. The van der Waals surface area contributed by atoms with Gasteiger partial charge in [-0.1, -0.05) is 29.3 Å². The summed E-state index contributed by atoms with van der Waals surface area (Å²) < 4.78 is 25.1. The summed E-state index contributed by atoms with van der Waals surface area (Å²) in [7, 11) is -3.47. The molecule has 4 nitrogen and oxygen atoms in total. The Hall–Kier alpha value is -0.800. The van der Waals surface area contributed by atoms with E-state index < -0.39 is 15.8 Å². The monoisotopic (exact) mass is 318 g/mol. The molecule has 0 unspecified atom stereocenters. The predicted molar refractivity (Wildman–Crippen MR) is 74.7 cm³/mol. The number of halogens is 2. The Morgan fingerprint density at radius 1 is 1.42 bits per heavy atom. The third-order valence-electron chi connectivity index (χ3n) is 3.10. The Bertz CT molecular complexity index is 625. The standard InChI is InChI=1S/C12H12Cl2N2O2S/c13-9-1-2-10(12(14)6-9)11-5-8(11)7-16-19(17,18)4-3-15/h1-2,6,8,11,16H,4-5,7H2/t8-,11+/m1/s1. The van der Waals surface area contributed by atoms with Crippen molar-refractivity contribution in [2.24, 2.45) is 5.92 Å². The number of hydrogen-bond donors (Lipinski definition) is 1. The van der Waals surface area contributed by atoms with Crippen LogP contribution in [0.3, 0.4) is 0 Å². The molecule has 1 aromatic rings. The lowest BCUT2D eigenvalue weighted by molar-refractivity contribution is 0.580. The summed E-state index contributed by atoms with van der Waals surface area (Å²) in [5.74, 6) is -0.0202. The number of rotatable bonds is 5. The molecule has 0 aliphatic heterocycles. The summed E-state index contributed by atoms with van der Waals surface area (Å²) in [5, 5.41) is 9.57. The molecule has 102 valence electrons. The molecule has 0 spiro atoms. The second-order valence-electron chi connectivity index (χ2n) is 4.53. The van der Waals surface area contributed by atoms with Crippen LogP contribution in [0.4, 0.5) is 0 Å². The zero-order valence-corrected chi connectivity index (χ0v) is 12.3. The molecule has 0 heterocycles. The molecule has 7 heteroatoms. The van der Waals surface area contributed by atoms with Crippen LogP contribution in [0.1, 0.15) is 17.9 Å². The summed E-state index contributed by atoms with van der Waals surface area (Å²) in [4.78, 5) is 0. The Morgan fingerprint density at radius 3 is 2.79 bits per heavy atom. The fourth-order valence-electron chi connectivity index (χ4n) is 2.03. The van der Waals surface area contributed by atoms with E-state index >= 15 is 0 Å². The van der Waals surface area contributed by atoms with E-state index in [4.69, 9.17) is 28.5 Å². The van der Waals surface area contributed by atoms with Crippen LogP contribution in [0.5, 0.6) is 0 Å². The van der Waals surface area contributed by atoms with Crippen molar-refractivity contribution in [1.82, 2.24) is 4.72 Å². The van der Waals surface area contributed by atoms with Crippen molar-refractivity contribution in [2.75, 3.05) is 12.3 Å². The van der Waals surface area contributed by atoms with E-state index in [2.05, 4.69) is 4.72 Å². The van der Waals surface area contributed by atoms with Crippen LogP contribution in [0.25, 0.3) is 0 Å². The highest BCUT2D eigenvalue weighted by Gasteiger charge is 2.39. The van der Waals surface area contributed by atoms with Crippen molar-refractivity contribution < 1.29 is 8.42 Å². The minimum absolute atomic E-state index is 0.229. The molecular formula is C12H12Cl2N2O2S. The molecule has 0 aromatic heterocycles. The fraction of sp³-hybridized carbons (Fsp3) is 0.417. The van der Waals surface area contributed by atoms with E-state index in [1.54, 1.807) is 18.2 Å². The normalized spacial score (nSPS) is 21.9. The van der Waals surface area contributed by atoms with Crippen molar-refractivity contribution >= 4 is 33.2 Å². The van der Waals surface area contributed by atoms with Gasteiger partial charge in [-0.15, -0.1) is 0 Å². The smallest absolute Gasteiger partial charge is 0.214 e. The highest BCUT2D eigenvalue weighted by atomic mass is 35.5. The van der Waals surface area contributed by atoms with Gasteiger partial charge in [-0.05, 0) is 36.0 Å². The van der Waals surface area contributed by atoms with Crippen molar-refractivity contribution in [3.05, 3.63) is 33.8 Å². The van der Waals surface area contributed by atoms with Gasteiger partial charge in [0, 0.05) is 16.6 Å². The summed E-state index contributed by atoms with van der Waals surface area (Å²) in [6.45, 7) is 0.341. The zero-order valence-electron chi connectivity index (χ0n) is 9.94. The predicted octanol–water partition coefficient (Wildman–Crippen LogP) is 2.54. The lowest BCUT2D eigenvalue weighted by Gasteiger charge is -2.05. The quantitative estimate of drug-likeness (QED) is 0.907. The van der Waals surface area contributed by atoms with Gasteiger partial charge in [0.15, 0.2) is 5.75 Å². The van der Waals surface area contributed by atoms with E-state index in [0.29, 0.717) is 16.6 Å². The lowest BCUT2D eigenvalue weighted by Crippen LogP contribution is -2.28. The van der Waals surface area contributed by atoms with Gasteiger partial charge in [-0.2, -0.15) is 5.26 Å². The van der Waals surface area contributed by atoms with Gasteiger partial charge >= 0.3 is 0 Å². The van der Waals surface area contributed by atoms with Gasteiger partial charge in [0.25, 0.3) is 0 Å². The second kappa shape index (κ2) is 5.68. The maximum atomic E-state index is 11.3. The average Bonchev–Trinajstić information content (AvgIpc) is 3.06. The lowest BCUT2D eigenvalue weighted by atomic mass is 10.1. The van der Waals surface area contributed by atoms with Crippen LogP contribution in [0.2, 0.25) is 10.0 Å². The van der Waals surface area contributed by atoms with Crippen LogP contribution in [-0.4, -0.2) is 20.7 Å². The SMILES string of the molecule is N#CCS(=O)(=O)NC[C@H]1C[C@@H]1c1ccc(Cl)cc1Cl. The summed E-state index contributed by atoms with van der Waals surface area (Å²) in [5.41, 5.74) is 0.996. The van der Waals surface area contributed by atoms with Crippen LogP contribution >= 0.6 is 23.2 Å². The maximum Gasteiger partial charge on any atom is 0.225 e. The molecule has 19 heavy (non-hydrogen) atoms. The first-order chi connectivity index (χ1) is 8.93. The highest BCUT2D eigenvalue weighted by molar-refractivity contribution is 7.89. The molecule has 1 aromatic carbocycles. The summed E-state index contributed by atoms with van der Waals surface area (Å²) in [6, 6.07) is 6.96. The zero-order chi connectivity index (χ0) is 14.0. The second-order valence-corrected chi connectivity index (χ2v) is 7.18. The maximum absolute atomic E-state index is 11.3. The van der Waals surface area contributed by atoms with Gasteiger partial charge < -0.3 is 0 Å². The topological polar surface area (TPSA) is 70.0 Å². The number of nitrogens with zero attached hydrogens (tertiary/aromatic N) is 1. The molecule has 1 saturated carbocycles. The van der Waals surface area contributed by atoms with Gasteiger partial charge in [0.1, 0.15) is 0 Å². The Balaban J connectivity index is 1.93. The van der Waals surface area contributed by atoms with Crippen LogP contribution in [0.15, 0.2) is 18.2 Å². The van der Waals surface area contributed by atoms with E-state index in [0.717, 1.165) is 12.0 Å². The number of benzene rings is 1.